The van der Waals surface area contributed by atoms with Gasteiger partial charge in [0.15, 0.2) is 0 Å². The molecule has 106 valence electrons. The van der Waals surface area contributed by atoms with Crippen molar-refractivity contribution < 1.29 is 5.11 Å². The number of hydrogen-bond acceptors (Lipinski definition) is 2. The van der Waals surface area contributed by atoms with Crippen LogP contribution >= 0.6 is 11.6 Å². The summed E-state index contributed by atoms with van der Waals surface area (Å²) >= 11 is 5.88. The van der Waals surface area contributed by atoms with E-state index in [2.05, 4.69) is 12.2 Å². The van der Waals surface area contributed by atoms with Crippen molar-refractivity contribution in [3.05, 3.63) is 28.8 Å². The first-order chi connectivity index (χ1) is 9.15. The predicted octanol–water partition coefficient (Wildman–Crippen LogP) is 4.35. The zero-order valence-electron chi connectivity index (χ0n) is 11.7. The van der Waals surface area contributed by atoms with Gasteiger partial charge in [0, 0.05) is 6.54 Å². The molecule has 1 fully saturated rings. The first-order valence-corrected chi connectivity index (χ1v) is 7.71. The van der Waals surface area contributed by atoms with Crippen LogP contribution in [0.15, 0.2) is 18.2 Å². The van der Waals surface area contributed by atoms with Crippen LogP contribution < -0.4 is 5.32 Å². The molecule has 2 rings (SSSR count). The Balaban J connectivity index is 1.65. The van der Waals surface area contributed by atoms with E-state index in [0.29, 0.717) is 5.02 Å². The third-order valence-electron chi connectivity index (χ3n) is 4.21. The largest absolute Gasteiger partial charge is 0.506 e. The normalized spacial score (nSPS) is 23.5. The summed E-state index contributed by atoms with van der Waals surface area (Å²) < 4.78 is 0. The first-order valence-electron chi connectivity index (χ1n) is 7.33. The van der Waals surface area contributed by atoms with Gasteiger partial charge in [-0.3, -0.25) is 0 Å². The van der Waals surface area contributed by atoms with Crippen LogP contribution in [0.5, 0.6) is 5.75 Å². The standard InChI is InChI=1S/C16H24ClNO/c1-12-2-4-13(5-3-12)8-9-18-11-14-6-7-16(19)15(17)10-14/h6-7,10,12-13,18-19H,2-5,8-9,11H2,1H3. The summed E-state index contributed by atoms with van der Waals surface area (Å²) in [6.45, 7) is 4.25. The average molecular weight is 282 g/mol. The molecule has 19 heavy (non-hydrogen) atoms. The van der Waals surface area contributed by atoms with Gasteiger partial charge in [-0.1, -0.05) is 50.3 Å². The number of phenolic OH excluding ortho intramolecular Hbond substituents is 1. The second-order valence-corrected chi connectivity index (χ2v) is 6.28. The van der Waals surface area contributed by atoms with Crippen LogP contribution in [0.1, 0.15) is 44.6 Å². The van der Waals surface area contributed by atoms with Gasteiger partial charge in [0.05, 0.1) is 5.02 Å². The molecule has 0 saturated heterocycles. The van der Waals surface area contributed by atoms with Crippen molar-refractivity contribution in [1.82, 2.24) is 5.32 Å². The fourth-order valence-corrected chi connectivity index (χ4v) is 3.02. The van der Waals surface area contributed by atoms with Crippen molar-refractivity contribution in [2.75, 3.05) is 6.54 Å². The molecule has 2 nitrogen and oxygen atoms in total. The van der Waals surface area contributed by atoms with Crippen LogP contribution in [0.3, 0.4) is 0 Å². The monoisotopic (exact) mass is 281 g/mol. The quantitative estimate of drug-likeness (QED) is 0.787. The summed E-state index contributed by atoms with van der Waals surface area (Å²) in [6.07, 6.45) is 6.87. The Morgan fingerprint density at radius 1 is 1.26 bits per heavy atom. The van der Waals surface area contributed by atoms with E-state index < -0.39 is 0 Å². The van der Waals surface area contributed by atoms with Crippen molar-refractivity contribution in [3.8, 4) is 5.75 Å². The molecule has 0 bridgehead atoms. The molecule has 0 aromatic heterocycles. The fourth-order valence-electron chi connectivity index (χ4n) is 2.82. The van der Waals surface area contributed by atoms with Crippen LogP contribution in [0.25, 0.3) is 0 Å². The Hall–Kier alpha value is -0.730. The van der Waals surface area contributed by atoms with Crippen LogP contribution in [-0.4, -0.2) is 11.7 Å². The van der Waals surface area contributed by atoms with Crippen LogP contribution in [-0.2, 0) is 6.54 Å². The highest BCUT2D eigenvalue weighted by molar-refractivity contribution is 6.32. The molecule has 0 unspecified atom stereocenters. The molecule has 0 aliphatic heterocycles. The van der Waals surface area contributed by atoms with Gasteiger partial charge in [0.2, 0.25) is 0 Å². The summed E-state index contributed by atoms with van der Waals surface area (Å²) in [5.74, 6) is 2.00. The Bertz CT molecular complexity index is 400. The van der Waals surface area contributed by atoms with Crippen molar-refractivity contribution >= 4 is 11.6 Å². The SMILES string of the molecule is CC1CCC(CCNCc2ccc(O)c(Cl)c2)CC1. The van der Waals surface area contributed by atoms with E-state index in [4.69, 9.17) is 11.6 Å². The van der Waals surface area contributed by atoms with Crippen molar-refractivity contribution in [2.45, 2.75) is 45.6 Å². The smallest absolute Gasteiger partial charge is 0.134 e. The molecule has 0 atom stereocenters. The molecule has 0 radical (unpaired) electrons. The lowest BCUT2D eigenvalue weighted by Crippen LogP contribution is -2.20. The van der Waals surface area contributed by atoms with Gasteiger partial charge in [-0.05, 0) is 42.5 Å². The van der Waals surface area contributed by atoms with E-state index in [0.717, 1.165) is 30.5 Å². The lowest BCUT2D eigenvalue weighted by molar-refractivity contribution is 0.275. The zero-order valence-corrected chi connectivity index (χ0v) is 12.4. The zero-order chi connectivity index (χ0) is 13.7. The molecule has 0 heterocycles. The van der Waals surface area contributed by atoms with Gasteiger partial charge in [-0.15, -0.1) is 0 Å². The first kappa shape index (κ1) is 14.7. The number of rotatable bonds is 5. The van der Waals surface area contributed by atoms with Crippen LogP contribution in [0, 0.1) is 11.8 Å². The highest BCUT2D eigenvalue weighted by Gasteiger charge is 2.17. The number of halogens is 1. The van der Waals surface area contributed by atoms with Gasteiger partial charge in [-0.25, -0.2) is 0 Å². The minimum absolute atomic E-state index is 0.154. The summed E-state index contributed by atoms with van der Waals surface area (Å²) in [5.41, 5.74) is 1.13. The second-order valence-electron chi connectivity index (χ2n) is 5.88. The highest BCUT2D eigenvalue weighted by atomic mass is 35.5. The number of aromatic hydroxyl groups is 1. The third-order valence-corrected chi connectivity index (χ3v) is 4.51. The minimum Gasteiger partial charge on any atom is -0.506 e. The maximum absolute atomic E-state index is 9.35. The Morgan fingerprint density at radius 2 is 2.00 bits per heavy atom. The van der Waals surface area contributed by atoms with Gasteiger partial charge in [-0.2, -0.15) is 0 Å². The van der Waals surface area contributed by atoms with Crippen molar-refractivity contribution in [1.29, 1.82) is 0 Å². The summed E-state index contributed by atoms with van der Waals surface area (Å²) in [4.78, 5) is 0. The van der Waals surface area contributed by atoms with E-state index in [1.54, 1.807) is 6.07 Å². The molecule has 1 saturated carbocycles. The van der Waals surface area contributed by atoms with Crippen molar-refractivity contribution in [2.24, 2.45) is 11.8 Å². The topological polar surface area (TPSA) is 32.3 Å². The summed E-state index contributed by atoms with van der Waals surface area (Å²) in [5, 5.41) is 13.3. The van der Waals surface area contributed by atoms with Gasteiger partial charge < -0.3 is 10.4 Å². The van der Waals surface area contributed by atoms with Gasteiger partial charge in [0.1, 0.15) is 5.75 Å². The molecule has 1 aliphatic carbocycles. The maximum Gasteiger partial charge on any atom is 0.134 e. The fraction of sp³-hybridized carbons (Fsp3) is 0.625. The molecule has 1 aromatic rings. The Labute approximate surface area is 121 Å². The molecular weight excluding hydrogens is 258 g/mol. The van der Waals surface area contributed by atoms with Gasteiger partial charge in [0.25, 0.3) is 0 Å². The predicted molar refractivity (Wildman–Crippen MR) is 80.6 cm³/mol. The van der Waals surface area contributed by atoms with E-state index >= 15 is 0 Å². The summed E-state index contributed by atoms with van der Waals surface area (Å²) in [6, 6.07) is 5.39. The molecule has 3 heteroatoms. The molecule has 0 amide bonds. The lowest BCUT2D eigenvalue weighted by Gasteiger charge is -2.26. The molecular formula is C16H24ClNO. The van der Waals surface area contributed by atoms with E-state index in [-0.39, 0.29) is 5.75 Å². The molecule has 1 aromatic carbocycles. The highest BCUT2D eigenvalue weighted by Crippen LogP contribution is 2.30. The number of benzene rings is 1. The summed E-state index contributed by atoms with van der Waals surface area (Å²) in [7, 11) is 0. The number of phenols is 1. The van der Waals surface area contributed by atoms with Crippen molar-refractivity contribution in [3.63, 3.8) is 0 Å². The second kappa shape index (κ2) is 7.16. The average Bonchev–Trinajstić information content (AvgIpc) is 2.41. The molecule has 2 N–H and O–H groups in total. The molecule has 1 aliphatic rings. The lowest BCUT2D eigenvalue weighted by atomic mass is 9.81. The van der Waals surface area contributed by atoms with E-state index in [9.17, 15) is 5.11 Å². The molecule has 0 spiro atoms. The Kier molecular flexibility index (Phi) is 5.53. The maximum atomic E-state index is 9.35. The van der Waals surface area contributed by atoms with E-state index in [1.165, 1.54) is 32.1 Å². The Morgan fingerprint density at radius 3 is 2.68 bits per heavy atom. The van der Waals surface area contributed by atoms with Crippen LogP contribution in [0.4, 0.5) is 0 Å². The number of hydrogen-bond donors (Lipinski definition) is 2. The number of nitrogens with one attached hydrogen (secondary N) is 1. The minimum atomic E-state index is 0.154. The van der Waals surface area contributed by atoms with Gasteiger partial charge >= 0.3 is 0 Å². The van der Waals surface area contributed by atoms with E-state index in [1.807, 2.05) is 12.1 Å². The van der Waals surface area contributed by atoms with Crippen LogP contribution in [0.2, 0.25) is 5.02 Å². The third kappa shape index (κ3) is 4.70.